The highest BCUT2D eigenvalue weighted by Crippen LogP contribution is 2.26. The molecule has 1 aliphatic heterocycles. The van der Waals surface area contributed by atoms with Crippen molar-refractivity contribution in [3.8, 4) is 0 Å². The molecule has 11 amide bonds. The van der Waals surface area contributed by atoms with Crippen molar-refractivity contribution in [2.75, 3.05) is 55.9 Å². The second kappa shape index (κ2) is 36.5. The molecule has 1 aliphatic rings. The Morgan fingerprint density at radius 1 is 0.455 bits per heavy atom. The first-order valence-corrected chi connectivity index (χ1v) is 31.7. The van der Waals surface area contributed by atoms with Gasteiger partial charge in [0.05, 0.1) is 6.10 Å². The van der Waals surface area contributed by atoms with E-state index in [0.717, 1.165) is 14.7 Å². The quantitative estimate of drug-likeness (QED) is 0.0849. The van der Waals surface area contributed by atoms with Crippen LogP contribution in [0.5, 0.6) is 0 Å². The lowest BCUT2D eigenvalue weighted by Crippen LogP contribution is -2.63. The molecule has 1 fully saturated rings. The van der Waals surface area contributed by atoms with Gasteiger partial charge in [0, 0.05) is 55.9 Å². The molecular weight excluding hydrogens is 1130 g/mol. The van der Waals surface area contributed by atoms with E-state index in [1.54, 1.807) is 41.5 Å². The summed E-state index contributed by atoms with van der Waals surface area (Å²) in [5, 5.41) is 32.7. The van der Waals surface area contributed by atoms with Gasteiger partial charge < -0.3 is 65.8 Å². The smallest absolute Gasteiger partial charge is 0.270 e. The Morgan fingerprint density at radius 3 is 1.39 bits per heavy atom. The van der Waals surface area contributed by atoms with E-state index in [9.17, 15) is 48.6 Å². The van der Waals surface area contributed by atoms with Crippen LogP contribution < -0.4 is 21.3 Å². The lowest BCUT2D eigenvalue weighted by Gasteiger charge is -2.41. The molecule has 0 aromatic rings. The maximum absolute atomic E-state index is 15.2. The van der Waals surface area contributed by atoms with Crippen molar-refractivity contribution in [1.82, 2.24) is 55.6 Å². The molecule has 88 heavy (non-hydrogen) atoms. The molecule has 24 heteroatoms. The van der Waals surface area contributed by atoms with E-state index in [-0.39, 0.29) is 68.1 Å². The second-order valence-corrected chi connectivity index (χ2v) is 26.9. The number of rotatable bonds is 18. The normalized spacial score (nSPS) is 26.3. The van der Waals surface area contributed by atoms with Crippen LogP contribution in [0.3, 0.4) is 0 Å². The van der Waals surface area contributed by atoms with Crippen LogP contribution in [0.1, 0.15) is 169 Å². The average molecular weight is 1250 g/mol. The highest BCUT2D eigenvalue weighted by Gasteiger charge is 2.46. The van der Waals surface area contributed by atoms with Crippen molar-refractivity contribution in [2.24, 2.45) is 41.4 Å². The molecule has 0 spiro atoms. The SMILES string of the molecule is C=C1C(=O)N(C)[C@@H](CC(C)C)C(=O)N[C@H](C(C)C)C(=O)N(C)[C@H](CC(C)C)C(=O)N[C@H](C)C(=O)N[C@@H](C)C(=O)N(C)[C@@H](CC(C)C)C(=O)N(C)[C@@H](CCC(C)C)C(=O)N(C)[C@@H](C(C)C)C(=O)N(C)[C@@H]([C@H](O)[C@H](C)CCCCO)C(=O)N[C@@H](CC)C(=O)N1C. The molecule has 504 valence electrons. The second-order valence-electron chi connectivity index (χ2n) is 26.9. The number of nitrogens with zero attached hydrogens (tertiary/aromatic N) is 7. The monoisotopic (exact) mass is 1250 g/mol. The zero-order valence-corrected chi connectivity index (χ0v) is 57.7. The maximum Gasteiger partial charge on any atom is 0.270 e. The fourth-order valence-electron chi connectivity index (χ4n) is 11.1. The van der Waals surface area contributed by atoms with E-state index in [4.69, 9.17) is 0 Å². The number of unbranched alkanes of at least 4 members (excludes halogenated alkanes) is 1. The highest BCUT2D eigenvalue weighted by molar-refractivity contribution is 6.02. The molecule has 0 bridgehead atoms. The molecule has 0 saturated carbocycles. The molecular formula is C64H115N11O13. The van der Waals surface area contributed by atoms with E-state index >= 15 is 14.4 Å². The number of carbonyl (C=O) groups is 11. The van der Waals surface area contributed by atoms with Gasteiger partial charge in [-0.3, -0.25) is 52.7 Å². The third-order valence-corrected chi connectivity index (χ3v) is 16.9. The van der Waals surface area contributed by atoms with Crippen LogP contribution in [0, 0.1) is 41.4 Å². The van der Waals surface area contributed by atoms with E-state index in [0.29, 0.717) is 25.7 Å². The molecule has 1 saturated heterocycles. The predicted molar refractivity (Wildman–Crippen MR) is 339 cm³/mol. The van der Waals surface area contributed by atoms with Gasteiger partial charge in [-0.25, -0.2) is 0 Å². The predicted octanol–water partition coefficient (Wildman–Crippen LogP) is 3.37. The topological polar surface area (TPSA) is 299 Å². The number of carbonyl (C=O) groups excluding carboxylic acids is 11. The van der Waals surface area contributed by atoms with Gasteiger partial charge >= 0.3 is 0 Å². The van der Waals surface area contributed by atoms with Crippen molar-refractivity contribution in [3.05, 3.63) is 12.3 Å². The van der Waals surface area contributed by atoms with E-state index in [1.807, 2.05) is 55.4 Å². The molecule has 1 rings (SSSR count). The Balaban J connectivity index is 4.40. The molecule has 0 aromatic heterocycles. The Labute approximate surface area is 526 Å². The number of aliphatic hydroxyl groups excluding tert-OH is 2. The Kier molecular flexibility index (Phi) is 33.1. The van der Waals surface area contributed by atoms with Crippen LogP contribution in [0.2, 0.25) is 0 Å². The summed E-state index contributed by atoms with van der Waals surface area (Å²) in [6.07, 6.45) is 0.607. The first kappa shape index (κ1) is 79.8. The minimum absolute atomic E-state index is 0.0409. The minimum atomic E-state index is -1.67. The van der Waals surface area contributed by atoms with Crippen molar-refractivity contribution in [1.29, 1.82) is 0 Å². The van der Waals surface area contributed by atoms with Gasteiger partial charge in [-0.05, 0) is 107 Å². The summed E-state index contributed by atoms with van der Waals surface area (Å²) >= 11 is 0. The van der Waals surface area contributed by atoms with Gasteiger partial charge in [-0.2, -0.15) is 0 Å². The van der Waals surface area contributed by atoms with Crippen LogP contribution in [0.4, 0.5) is 0 Å². The van der Waals surface area contributed by atoms with E-state index in [1.165, 1.54) is 82.8 Å². The van der Waals surface area contributed by atoms with Crippen molar-refractivity contribution < 1.29 is 63.0 Å². The number of nitrogens with one attached hydrogen (secondary N) is 4. The van der Waals surface area contributed by atoms with Gasteiger partial charge in [0.25, 0.3) is 5.91 Å². The molecule has 0 aromatic carbocycles. The number of hydrogen-bond acceptors (Lipinski definition) is 13. The van der Waals surface area contributed by atoms with Gasteiger partial charge in [-0.15, -0.1) is 0 Å². The lowest BCUT2D eigenvalue weighted by atomic mass is 9.90. The van der Waals surface area contributed by atoms with Crippen LogP contribution in [-0.4, -0.2) is 232 Å². The van der Waals surface area contributed by atoms with Crippen molar-refractivity contribution in [2.45, 2.75) is 235 Å². The molecule has 0 radical (unpaired) electrons. The van der Waals surface area contributed by atoms with Crippen LogP contribution in [0.15, 0.2) is 12.3 Å². The van der Waals surface area contributed by atoms with Gasteiger partial charge in [0.1, 0.15) is 66.1 Å². The number of likely N-dealkylation sites (N-methyl/N-ethyl adjacent to an activating group) is 7. The van der Waals surface area contributed by atoms with Crippen molar-refractivity contribution >= 4 is 65.0 Å². The first-order valence-electron chi connectivity index (χ1n) is 31.7. The maximum atomic E-state index is 15.2. The van der Waals surface area contributed by atoms with Crippen LogP contribution in [0.25, 0.3) is 0 Å². The van der Waals surface area contributed by atoms with Gasteiger partial charge in [0.15, 0.2) is 0 Å². The zero-order valence-electron chi connectivity index (χ0n) is 57.7. The average Bonchev–Trinajstić information content (AvgIpc) is 3.24. The third-order valence-electron chi connectivity index (χ3n) is 16.9. The van der Waals surface area contributed by atoms with Crippen LogP contribution in [-0.2, 0) is 52.7 Å². The lowest BCUT2D eigenvalue weighted by molar-refractivity contribution is -0.157. The largest absolute Gasteiger partial charge is 0.396 e. The fraction of sp³-hybridized carbons (Fsp3) is 0.797. The van der Waals surface area contributed by atoms with Gasteiger partial charge in [0.2, 0.25) is 59.1 Å². The summed E-state index contributed by atoms with van der Waals surface area (Å²) in [6.45, 7) is 31.9. The molecule has 12 atom stereocenters. The number of hydrogen-bond donors (Lipinski definition) is 6. The summed E-state index contributed by atoms with van der Waals surface area (Å²) in [7, 11) is 9.72. The molecule has 0 unspecified atom stereocenters. The number of amides is 11. The first-order chi connectivity index (χ1) is 40.6. The van der Waals surface area contributed by atoms with Gasteiger partial charge in [-0.1, -0.05) is 110 Å². The van der Waals surface area contributed by atoms with Crippen LogP contribution >= 0.6 is 0 Å². The Morgan fingerprint density at radius 2 is 0.909 bits per heavy atom. The molecule has 24 nitrogen and oxygen atoms in total. The summed E-state index contributed by atoms with van der Waals surface area (Å²) in [5.74, 6) is -10.2. The number of aliphatic hydroxyl groups is 2. The molecule has 1 heterocycles. The summed E-state index contributed by atoms with van der Waals surface area (Å²) in [4.78, 5) is 169. The Bertz CT molecular complexity index is 2400. The van der Waals surface area contributed by atoms with Crippen molar-refractivity contribution in [3.63, 3.8) is 0 Å². The summed E-state index contributed by atoms with van der Waals surface area (Å²) < 4.78 is 0. The zero-order chi connectivity index (χ0) is 68.3. The highest BCUT2D eigenvalue weighted by atomic mass is 16.3. The fourth-order valence-corrected chi connectivity index (χ4v) is 11.1. The summed E-state index contributed by atoms with van der Waals surface area (Å²) in [6, 6.07) is -12.7. The Hall–Kier alpha value is -6.17. The minimum Gasteiger partial charge on any atom is -0.396 e. The summed E-state index contributed by atoms with van der Waals surface area (Å²) in [5.41, 5.74) is -0.374. The van der Waals surface area contributed by atoms with E-state index in [2.05, 4.69) is 27.8 Å². The molecule has 0 aliphatic carbocycles. The molecule has 6 N–H and O–H groups in total. The third kappa shape index (κ3) is 22.1. The standard InChI is InChI=1S/C64H115N11O13/c1-25-45-60(84)69(18)44(17)59(83)71(20)48(33-37(6)7)56(80)68-50(39(10)11)63(87)72(21)47(32-36(4)5)55(79)65-42(15)54(78)66-43(16)58(82)73(22)49(34-38(8)9)62(86)70(19)46(30-29-35(2)3)61(85)74(23)51(40(12)13)64(88)75(24)52(57(81)67-45)53(77)41(14)28-26-27-31-76/h35-43,45-53,76-77H,17,25-34H2,1-16,18-24H3,(H,65,79)(H,66,78)(H,67,81)(H,68,80)/t41-,42-,43+,45+,46+,47-,48+,49+,50-,51+,52+,53-/m1/s1. The van der Waals surface area contributed by atoms with E-state index < -0.39 is 149 Å².